The fourth-order valence-electron chi connectivity index (χ4n) is 1.34. The predicted octanol–water partition coefficient (Wildman–Crippen LogP) is 2.49. The van der Waals surface area contributed by atoms with Crippen molar-refractivity contribution in [2.45, 2.75) is 26.3 Å². The van der Waals surface area contributed by atoms with Gasteiger partial charge in [-0.05, 0) is 26.1 Å². The van der Waals surface area contributed by atoms with Gasteiger partial charge in [0.1, 0.15) is 5.76 Å². The summed E-state index contributed by atoms with van der Waals surface area (Å²) < 4.78 is 5.32. The second-order valence-electron chi connectivity index (χ2n) is 3.49. The third-order valence-electron chi connectivity index (χ3n) is 2.21. The van der Waals surface area contributed by atoms with Crippen molar-refractivity contribution in [3.8, 4) is 12.3 Å². The maximum Gasteiger partial charge on any atom is 0.133 e. The van der Waals surface area contributed by atoms with Gasteiger partial charge in [-0.25, -0.2) is 0 Å². The molecular formula is C12H17NO. The molecule has 0 saturated heterocycles. The normalized spacial score (nSPS) is 10.4. The van der Waals surface area contributed by atoms with Gasteiger partial charge in [0.2, 0.25) is 0 Å². The maximum absolute atomic E-state index is 5.34. The highest BCUT2D eigenvalue weighted by atomic mass is 16.3. The largest absolute Gasteiger partial charge is 0.467 e. The fraction of sp³-hybridized carbons (Fsp3) is 0.500. The van der Waals surface area contributed by atoms with E-state index in [1.807, 2.05) is 6.07 Å². The van der Waals surface area contributed by atoms with Crippen LogP contribution in [-0.4, -0.2) is 18.5 Å². The minimum absolute atomic E-state index is 0.798. The lowest BCUT2D eigenvalue weighted by atomic mass is 10.2. The molecule has 0 saturated carbocycles. The standard InChI is InChI=1S/C12H17NO/c1-4-6-8-13(3)10-12-11(5-2)7-9-14-12/h2,7,9H,4,6,8,10H2,1,3H3. The first-order valence-electron chi connectivity index (χ1n) is 4.99. The highest BCUT2D eigenvalue weighted by Crippen LogP contribution is 2.11. The van der Waals surface area contributed by atoms with E-state index in [1.54, 1.807) is 6.26 Å². The Morgan fingerprint density at radius 2 is 2.36 bits per heavy atom. The van der Waals surface area contributed by atoms with Crippen LogP contribution >= 0.6 is 0 Å². The average Bonchev–Trinajstić information content (AvgIpc) is 2.62. The average molecular weight is 191 g/mol. The molecule has 2 heteroatoms. The van der Waals surface area contributed by atoms with Crippen molar-refractivity contribution in [2.75, 3.05) is 13.6 Å². The van der Waals surface area contributed by atoms with E-state index >= 15 is 0 Å². The minimum Gasteiger partial charge on any atom is -0.467 e. The molecule has 0 fully saturated rings. The highest BCUT2D eigenvalue weighted by Gasteiger charge is 2.06. The first-order chi connectivity index (χ1) is 6.77. The zero-order chi connectivity index (χ0) is 10.4. The molecule has 76 valence electrons. The van der Waals surface area contributed by atoms with Gasteiger partial charge in [0.15, 0.2) is 0 Å². The zero-order valence-electron chi connectivity index (χ0n) is 8.92. The van der Waals surface area contributed by atoms with Crippen molar-refractivity contribution >= 4 is 0 Å². The van der Waals surface area contributed by atoms with Crippen molar-refractivity contribution in [3.05, 3.63) is 23.7 Å². The molecule has 0 atom stereocenters. The van der Waals surface area contributed by atoms with Crippen molar-refractivity contribution < 1.29 is 4.42 Å². The molecule has 1 aromatic heterocycles. The molecule has 1 rings (SSSR count). The highest BCUT2D eigenvalue weighted by molar-refractivity contribution is 5.33. The SMILES string of the molecule is C#Cc1ccoc1CN(C)CCCC. The van der Waals surface area contributed by atoms with Crippen LogP contribution in [0.1, 0.15) is 31.1 Å². The van der Waals surface area contributed by atoms with Gasteiger partial charge >= 0.3 is 0 Å². The van der Waals surface area contributed by atoms with E-state index in [4.69, 9.17) is 10.8 Å². The number of terminal acetylenes is 1. The number of furan rings is 1. The van der Waals surface area contributed by atoms with Gasteiger partial charge in [0, 0.05) is 0 Å². The maximum atomic E-state index is 5.34. The molecule has 1 aromatic rings. The molecule has 0 aliphatic carbocycles. The summed E-state index contributed by atoms with van der Waals surface area (Å²) in [5.74, 6) is 3.51. The van der Waals surface area contributed by atoms with E-state index in [9.17, 15) is 0 Å². The Balaban J connectivity index is 2.48. The molecule has 0 unspecified atom stereocenters. The van der Waals surface area contributed by atoms with Crippen LogP contribution in [0.15, 0.2) is 16.7 Å². The summed E-state index contributed by atoms with van der Waals surface area (Å²) in [5.41, 5.74) is 0.869. The van der Waals surface area contributed by atoms with E-state index in [0.29, 0.717) is 0 Å². The van der Waals surface area contributed by atoms with Crippen LogP contribution in [0.2, 0.25) is 0 Å². The Hall–Kier alpha value is -1.20. The lowest BCUT2D eigenvalue weighted by Crippen LogP contribution is -2.19. The zero-order valence-corrected chi connectivity index (χ0v) is 8.92. The van der Waals surface area contributed by atoms with E-state index in [0.717, 1.165) is 24.4 Å². The number of hydrogen-bond donors (Lipinski definition) is 0. The van der Waals surface area contributed by atoms with Crippen molar-refractivity contribution in [3.63, 3.8) is 0 Å². The topological polar surface area (TPSA) is 16.4 Å². The monoisotopic (exact) mass is 191 g/mol. The summed E-state index contributed by atoms with van der Waals surface area (Å²) in [7, 11) is 2.08. The Morgan fingerprint density at radius 3 is 3.00 bits per heavy atom. The Labute approximate surface area is 85.9 Å². The van der Waals surface area contributed by atoms with Crippen LogP contribution in [-0.2, 0) is 6.54 Å². The van der Waals surface area contributed by atoms with Crippen LogP contribution in [0.3, 0.4) is 0 Å². The molecule has 2 nitrogen and oxygen atoms in total. The first-order valence-corrected chi connectivity index (χ1v) is 4.99. The third kappa shape index (κ3) is 2.93. The van der Waals surface area contributed by atoms with E-state index in [2.05, 4.69) is 24.8 Å². The number of hydrogen-bond acceptors (Lipinski definition) is 2. The predicted molar refractivity (Wildman–Crippen MR) is 57.9 cm³/mol. The van der Waals surface area contributed by atoms with Gasteiger partial charge in [-0.1, -0.05) is 19.3 Å². The second-order valence-corrected chi connectivity index (χ2v) is 3.49. The van der Waals surface area contributed by atoms with Crippen LogP contribution in [0.25, 0.3) is 0 Å². The van der Waals surface area contributed by atoms with Crippen LogP contribution in [0, 0.1) is 12.3 Å². The molecule has 0 aliphatic heterocycles. The molecule has 0 N–H and O–H groups in total. The van der Waals surface area contributed by atoms with Crippen LogP contribution in [0.4, 0.5) is 0 Å². The number of nitrogens with zero attached hydrogens (tertiary/aromatic N) is 1. The quantitative estimate of drug-likeness (QED) is 0.665. The van der Waals surface area contributed by atoms with E-state index in [1.165, 1.54) is 12.8 Å². The summed E-state index contributed by atoms with van der Waals surface area (Å²) in [6.07, 6.45) is 9.42. The van der Waals surface area contributed by atoms with Gasteiger partial charge in [-0.3, -0.25) is 4.90 Å². The lowest BCUT2D eigenvalue weighted by Gasteiger charge is -2.14. The number of unbranched alkanes of at least 4 members (excludes halogenated alkanes) is 1. The third-order valence-corrected chi connectivity index (χ3v) is 2.21. The molecule has 14 heavy (non-hydrogen) atoms. The second kappa shape index (κ2) is 5.51. The lowest BCUT2D eigenvalue weighted by molar-refractivity contribution is 0.290. The van der Waals surface area contributed by atoms with E-state index in [-0.39, 0.29) is 0 Å². The molecule has 0 aromatic carbocycles. The fourth-order valence-corrected chi connectivity index (χ4v) is 1.34. The number of rotatable bonds is 5. The van der Waals surface area contributed by atoms with Gasteiger partial charge in [0.25, 0.3) is 0 Å². The molecule has 0 spiro atoms. The smallest absolute Gasteiger partial charge is 0.133 e. The van der Waals surface area contributed by atoms with Crippen molar-refractivity contribution in [1.82, 2.24) is 4.90 Å². The van der Waals surface area contributed by atoms with Gasteiger partial charge in [0.05, 0.1) is 18.4 Å². The Morgan fingerprint density at radius 1 is 1.57 bits per heavy atom. The van der Waals surface area contributed by atoms with E-state index < -0.39 is 0 Å². The van der Waals surface area contributed by atoms with Crippen LogP contribution in [0.5, 0.6) is 0 Å². The summed E-state index contributed by atoms with van der Waals surface area (Å²) in [5, 5.41) is 0. The first kappa shape index (κ1) is 10.9. The van der Waals surface area contributed by atoms with Crippen LogP contribution < -0.4 is 0 Å². The summed E-state index contributed by atoms with van der Waals surface area (Å²) >= 11 is 0. The minimum atomic E-state index is 0.798. The molecule has 0 aliphatic rings. The molecule has 0 amide bonds. The van der Waals surface area contributed by atoms with Gasteiger partial charge in [-0.15, -0.1) is 6.42 Å². The molecular weight excluding hydrogens is 174 g/mol. The van der Waals surface area contributed by atoms with Gasteiger partial charge in [-0.2, -0.15) is 0 Å². The molecule has 1 heterocycles. The summed E-state index contributed by atoms with van der Waals surface area (Å²) in [6.45, 7) is 4.07. The summed E-state index contributed by atoms with van der Waals surface area (Å²) in [4.78, 5) is 2.23. The van der Waals surface area contributed by atoms with Crippen molar-refractivity contribution in [2.24, 2.45) is 0 Å². The Kier molecular flexibility index (Phi) is 4.28. The van der Waals surface area contributed by atoms with Gasteiger partial charge < -0.3 is 4.42 Å². The Bertz CT molecular complexity index is 308. The summed E-state index contributed by atoms with van der Waals surface area (Å²) in [6, 6.07) is 1.84. The molecule has 0 radical (unpaired) electrons. The van der Waals surface area contributed by atoms with Crippen molar-refractivity contribution in [1.29, 1.82) is 0 Å². The molecule has 0 bridgehead atoms.